The maximum Gasteiger partial charge on any atom is 0.237 e. The van der Waals surface area contributed by atoms with Crippen molar-refractivity contribution >= 4 is 17.2 Å². The zero-order valence-electron chi connectivity index (χ0n) is 14.4. The van der Waals surface area contributed by atoms with Gasteiger partial charge in [-0.05, 0) is 70.2 Å². The average Bonchev–Trinajstić information content (AvgIpc) is 3.16. The third-order valence-electron chi connectivity index (χ3n) is 5.08. The summed E-state index contributed by atoms with van der Waals surface area (Å²) >= 11 is 1.90. The lowest BCUT2D eigenvalue weighted by Crippen LogP contribution is -2.45. The largest absolute Gasteiger partial charge is 0.354 e. The number of nitrogens with one attached hydrogen (secondary N) is 2. The molecule has 23 heavy (non-hydrogen) atoms. The second-order valence-corrected chi connectivity index (χ2v) is 8.54. The Kier molecular flexibility index (Phi) is 5.72. The molecule has 1 amide bonds. The summed E-state index contributed by atoms with van der Waals surface area (Å²) in [6, 6.07) is 2.38. The first-order chi connectivity index (χ1) is 11.1. The number of rotatable bonds is 5. The fourth-order valence-electron chi connectivity index (χ4n) is 3.82. The number of piperidine rings is 1. The zero-order valence-corrected chi connectivity index (χ0v) is 15.2. The lowest BCUT2D eigenvalue weighted by molar-refractivity contribution is -0.123. The van der Waals surface area contributed by atoms with Crippen molar-refractivity contribution in [3.63, 3.8) is 0 Å². The Bertz CT molecular complexity index is 536. The van der Waals surface area contributed by atoms with Crippen LogP contribution in [0, 0.1) is 19.8 Å². The van der Waals surface area contributed by atoms with Gasteiger partial charge in [0.05, 0.1) is 6.04 Å². The lowest BCUT2D eigenvalue weighted by atomic mass is 9.97. The van der Waals surface area contributed by atoms with Gasteiger partial charge in [-0.2, -0.15) is 0 Å². The Morgan fingerprint density at radius 1 is 1.39 bits per heavy atom. The molecule has 0 aromatic carbocycles. The van der Waals surface area contributed by atoms with Crippen molar-refractivity contribution in [3.05, 3.63) is 21.4 Å². The molecule has 2 aliphatic heterocycles. The first-order valence-electron chi connectivity index (χ1n) is 8.91. The average molecular weight is 336 g/mol. The minimum Gasteiger partial charge on any atom is -0.354 e. The van der Waals surface area contributed by atoms with Crippen LogP contribution < -0.4 is 10.6 Å². The topological polar surface area (TPSA) is 44.4 Å². The molecule has 0 aliphatic carbocycles. The molecule has 2 fully saturated rings. The van der Waals surface area contributed by atoms with Gasteiger partial charge in [-0.3, -0.25) is 9.69 Å². The van der Waals surface area contributed by atoms with Crippen molar-refractivity contribution in [3.8, 4) is 0 Å². The number of thiophene rings is 1. The molecule has 2 unspecified atom stereocenters. The highest BCUT2D eigenvalue weighted by molar-refractivity contribution is 7.12. The summed E-state index contributed by atoms with van der Waals surface area (Å²) in [6.45, 7) is 9.57. The number of amides is 1. The van der Waals surface area contributed by atoms with Crippen LogP contribution in [0.5, 0.6) is 0 Å². The number of carbonyl (C=O) groups is 1. The minimum atomic E-state index is 0.0473. The van der Waals surface area contributed by atoms with Crippen LogP contribution in [-0.2, 0) is 11.3 Å². The standard InChI is InChI=1S/C18H29N3OS/c1-13-9-16(14(2)23-13)12-21-8-4-5-15(11-21)10-20-18(22)17-6-3-7-19-17/h9,15,17,19H,3-8,10-12H2,1-2H3,(H,20,22). The van der Waals surface area contributed by atoms with E-state index in [0.29, 0.717) is 5.92 Å². The van der Waals surface area contributed by atoms with Crippen LogP contribution in [0.3, 0.4) is 0 Å². The van der Waals surface area contributed by atoms with E-state index in [0.717, 1.165) is 39.0 Å². The normalized spacial score (nSPS) is 25.7. The second kappa shape index (κ2) is 7.77. The van der Waals surface area contributed by atoms with Gasteiger partial charge in [-0.25, -0.2) is 0 Å². The van der Waals surface area contributed by atoms with Crippen molar-refractivity contribution in [1.82, 2.24) is 15.5 Å². The Balaban J connectivity index is 1.46. The van der Waals surface area contributed by atoms with E-state index in [1.54, 1.807) is 0 Å². The van der Waals surface area contributed by atoms with Crippen LogP contribution >= 0.6 is 11.3 Å². The van der Waals surface area contributed by atoms with Crippen molar-refractivity contribution in [2.75, 3.05) is 26.2 Å². The van der Waals surface area contributed by atoms with Crippen molar-refractivity contribution in [2.45, 2.75) is 52.1 Å². The smallest absolute Gasteiger partial charge is 0.237 e. The lowest BCUT2D eigenvalue weighted by Gasteiger charge is -2.33. The molecule has 1 aromatic heterocycles. The van der Waals surface area contributed by atoms with Crippen LogP contribution in [0.1, 0.15) is 41.0 Å². The van der Waals surface area contributed by atoms with Crippen LogP contribution in [0.2, 0.25) is 0 Å². The van der Waals surface area contributed by atoms with Crippen molar-refractivity contribution < 1.29 is 4.79 Å². The molecule has 0 spiro atoms. The highest BCUT2D eigenvalue weighted by Gasteiger charge is 2.24. The van der Waals surface area contributed by atoms with Gasteiger partial charge < -0.3 is 10.6 Å². The molecule has 3 heterocycles. The molecule has 2 atom stereocenters. The predicted octanol–water partition coefficient (Wildman–Crippen LogP) is 2.45. The molecule has 5 heteroatoms. The third kappa shape index (κ3) is 4.55. The van der Waals surface area contributed by atoms with E-state index >= 15 is 0 Å². The second-order valence-electron chi connectivity index (χ2n) is 7.08. The monoisotopic (exact) mass is 335 g/mol. The number of nitrogens with zero attached hydrogens (tertiary/aromatic N) is 1. The summed E-state index contributed by atoms with van der Waals surface area (Å²) in [7, 11) is 0. The molecule has 128 valence electrons. The molecule has 2 aliphatic rings. The summed E-state index contributed by atoms with van der Waals surface area (Å²) in [5, 5.41) is 6.44. The van der Waals surface area contributed by atoms with Gasteiger partial charge in [0, 0.05) is 29.4 Å². The van der Waals surface area contributed by atoms with Crippen molar-refractivity contribution in [1.29, 1.82) is 0 Å². The van der Waals surface area contributed by atoms with E-state index in [-0.39, 0.29) is 11.9 Å². The third-order valence-corrected chi connectivity index (χ3v) is 6.09. The molecule has 0 bridgehead atoms. The summed E-state index contributed by atoms with van der Waals surface area (Å²) in [4.78, 5) is 17.5. The van der Waals surface area contributed by atoms with Gasteiger partial charge >= 0.3 is 0 Å². The highest BCUT2D eigenvalue weighted by atomic mass is 32.1. The first-order valence-corrected chi connectivity index (χ1v) is 9.73. The summed E-state index contributed by atoms with van der Waals surface area (Å²) in [6.07, 6.45) is 4.58. The van der Waals surface area contributed by atoms with E-state index in [4.69, 9.17) is 0 Å². The molecule has 3 rings (SSSR count). The number of likely N-dealkylation sites (tertiary alicyclic amines) is 1. The Morgan fingerprint density at radius 2 is 2.26 bits per heavy atom. The molecular formula is C18H29N3OS. The van der Waals surface area contributed by atoms with E-state index in [9.17, 15) is 4.79 Å². The Labute approximate surface area is 143 Å². The minimum absolute atomic E-state index is 0.0473. The zero-order chi connectivity index (χ0) is 16.2. The summed E-state index contributed by atoms with van der Waals surface area (Å²) < 4.78 is 0. The number of carbonyl (C=O) groups excluding carboxylic acids is 1. The van der Waals surface area contributed by atoms with Gasteiger partial charge in [-0.15, -0.1) is 11.3 Å². The predicted molar refractivity (Wildman–Crippen MR) is 95.8 cm³/mol. The van der Waals surface area contributed by atoms with E-state index < -0.39 is 0 Å². The molecular weight excluding hydrogens is 306 g/mol. The summed E-state index contributed by atoms with van der Waals surface area (Å²) in [5.41, 5.74) is 1.48. The van der Waals surface area contributed by atoms with E-state index in [1.807, 2.05) is 11.3 Å². The van der Waals surface area contributed by atoms with Crippen LogP contribution in [0.15, 0.2) is 6.07 Å². The molecule has 4 nitrogen and oxygen atoms in total. The van der Waals surface area contributed by atoms with Gasteiger partial charge in [0.25, 0.3) is 0 Å². The van der Waals surface area contributed by atoms with Crippen LogP contribution in [-0.4, -0.2) is 43.0 Å². The van der Waals surface area contributed by atoms with Crippen molar-refractivity contribution in [2.24, 2.45) is 5.92 Å². The SMILES string of the molecule is Cc1cc(CN2CCCC(CNC(=O)C3CCCN3)C2)c(C)s1. The van der Waals surface area contributed by atoms with E-state index in [2.05, 4.69) is 35.4 Å². The van der Waals surface area contributed by atoms with Gasteiger partial charge in [0.1, 0.15) is 0 Å². The maximum atomic E-state index is 12.1. The maximum absolute atomic E-state index is 12.1. The number of hydrogen-bond acceptors (Lipinski definition) is 4. The molecule has 0 saturated carbocycles. The fourth-order valence-corrected chi connectivity index (χ4v) is 4.76. The Morgan fingerprint density at radius 3 is 2.96 bits per heavy atom. The van der Waals surface area contributed by atoms with Crippen LogP contribution in [0.25, 0.3) is 0 Å². The van der Waals surface area contributed by atoms with Gasteiger partial charge in [0.2, 0.25) is 5.91 Å². The van der Waals surface area contributed by atoms with E-state index in [1.165, 1.54) is 34.7 Å². The van der Waals surface area contributed by atoms with Crippen LogP contribution in [0.4, 0.5) is 0 Å². The molecule has 2 N–H and O–H groups in total. The van der Waals surface area contributed by atoms with Gasteiger partial charge in [0.15, 0.2) is 0 Å². The summed E-state index contributed by atoms with van der Waals surface area (Å²) in [5.74, 6) is 0.790. The quantitative estimate of drug-likeness (QED) is 0.869. The van der Waals surface area contributed by atoms with Gasteiger partial charge in [-0.1, -0.05) is 0 Å². The number of hydrogen-bond donors (Lipinski definition) is 2. The highest BCUT2D eigenvalue weighted by Crippen LogP contribution is 2.24. The molecule has 2 saturated heterocycles. The molecule has 1 aromatic rings. The molecule has 0 radical (unpaired) electrons. The number of aryl methyl sites for hydroxylation is 2. The Hall–Kier alpha value is -0.910. The first kappa shape index (κ1) is 16.9. The fraction of sp³-hybridized carbons (Fsp3) is 0.722.